The largest absolute Gasteiger partial charge is 0.341 e. The Hall–Kier alpha value is -3.48. The minimum Gasteiger partial charge on any atom is -0.341 e. The first kappa shape index (κ1) is 19.2. The van der Waals surface area contributed by atoms with Crippen LogP contribution in [-0.2, 0) is 11.3 Å². The van der Waals surface area contributed by atoms with E-state index in [0.717, 1.165) is 35.5 Å². The first-order valence-electron chi connectivity index (χ1n) is 11.4. The number of piperidine rings is 1. The van der Waals surface area contributed by atoms with E-state index in [1.54, 1.807) is 0 Å². The van der Waals surface area contributed by atoms with Gasteiger partial charge < -0.3 is 9.47 Å². The van der Waals surface area contributed by atoms with Gasteiger partial charge in [-0.3, -0.25) is 14.7 Å². The number of para-hydroxylation sites is 2. The van der Waals surface area contributed by atoms with Crippen molar-refractivity contribution in [3.8, 4) is 0 Å². The molecule has 0 radical (unpaired) electrons. The molecule has 0 atom stereocenters. The van der Waals surface area contributed by atoms with Gasteiger partial charge in [-0.2, -0.15) is 5.10 Å². The molecule has 2 fully saturated rings. The van der Waals surface area contributed by atoms with Gasteiger partial charge in [-0.1, -0.05) is 24.3 Å². The van der Waals surface area contributed by atoms with Crippen molar-refractivity contribution in [3.63, 3.8) is 0 Å². The van der Waals surface area contributed by atoms with Crippen LogP contribution in [0.5, 0.6) is 0 Å². The van der Waals surface area contributed by atoms with Crippen LogP contribution in [0.4, 0.5) is 0 Å². The molecule has 3 heterocycles. The van der Waals surface area contributed by atoms with Gasteiger partial charge in [0.1, 0.15) is 12.4 Å². The first-order chi connectivity index (χ1) is 15.7. The summed E-state index contributed by atoms with van der Waals surface area (Å²) >= 11 is 0. The van der Waals surface area contributed by atoms with Gasteiger partial charge in [-0.25, -0.2) is 4.98 Å². The Morgan fingerprint density at radius 2 is 1.53 bits per heavy atom. The molecule has 2 aromatic heterocycles. The van der Waals surface area contributed by atoms with Gasteiger partial charge in [0.05, 0.1) is 11.0 Å². The van der Waals surface area contributed by atoms with Crippen LogP contribution in [0.2, 0.25) is 0 Å². The summed E-state index contributed by atoms with van der Waals surface area (Å²) in [5.74, 6) is 2.88. The van der Waals surface area contributed by atoms with E-state index >= 15 is 0 Å². The van der Waals surface area contributed by atoms with E-state index in [1.165, 1.54) is 12.8 Å². The number of amides is 1. The molecule has 6 rings (SSSR count). The van der Waals surface area contributed by atoms with Crippen molar-refractivity contribution in [2.75, 3.05) is 13.1 Å². The zero-order valence-corrected chi connectivity index (χ0v) is 17.8. The quantitative estimate of drug-likeness (QED) is 0.505. The lowest BCUT2D eigenvalue weighted by atomic mass is 9.96. The summed E-state index contributed by atoms with van der Waals surface area (Å²) in [6.07, 6.45) is 4.16. The molecule has 1 amide bonds. The number of fused-ring (bicyclic) bond motifs is 2. The standard InChI is InChI=1S/C25H25N5O2/c31-22(29-13-11-17(12-14-29)25-26-24(27-28-25)16-9-10-16)15-30-20-7-3-1-5-18(20)23(32)19-6-2-4-8-21(19)30/h1-8,16-17H,9-15H2,(H,26,27,28). The summed E-state index contributed by atoms with van der Waals surface area (Å²) in [7, 11) is 0. The summed E-state index contributed by atoms with van der Waals surface area (Å²) in [6, 6.07) is 15.1. The monoisotopic (exact) mass is 427 g/mol. The second kappa shape index (κ2) is 7.58. The highest BCUT2D eigenvalue weighted by Gasteiger charge is 2.31. The second-order valence-electron chi connectivity index (χ2n) is 8.96. The Morgan fingerprint density at radius 1 is 0.906 bits per heavy atom. The first-order valence-corrected chi connectivity index (χ1v) is 11.4. The number of carbonyl (C=O) groups excluding carboxylic acids is 1. The zero-order chi connectivity index (χ0) is 21.7. The third-order valence-electron chi connectivity index (χ3n) is 6.87. The van der Waals surface area contributed by atoms with Crippen molar-refractivity contribution in [2.45, 2.75) is 44.1 Å². The number of hydrogen-bond donors (Lipinski definition) is 1. The molecule has 7 nitrogen and oxygen atoms in total. The number of aromatic amines is 1. The van der Waals surface area contributed by atoms with Crippen molar-refractivity contribution >= 4 is 27.7 Å². The fourth-order valence-electron chi connectivity index (χ4n) is 4.88. The topological polar surface area (TPSA) is 83.9 Å². The van der Waals surface area contributed by atoms with Gasteiger partial charge in [0.25, 0.3) is 0 Å². The van der Waals surface area contributed by atoms with Crippen LogP contribution < -0.4 is 5.43 Å². The molecule has 1 aliphatic carbocycles. The number of nitrogens with one attached hydrogen (secondary N) is 1. The Labute approximate surface area is 185 Å². The van der Waals surface area contributed by atoms with Crippen LogP contribution in [0, 0.1) is 0 Å². The summed E-state index contributed by atoms with van der Waals surface area (Å²) in [6.45, 7) is 1.64. The minimum atomic E-state index is 0.0123. The van der Waals surface area contributed by atoms with E-state index in [1.807, 2.05) is 58.0 Å². The van der Waals surface area contributed by atoms with Gasteiger partial charge in [0.15, 0.2) is 11.3 Å². The molecule has 2 aromatic carbocycles. The van der Waals surface area contributed by atoms with Crippen LogP contribution in [0.15, 0.2) is 53.3 Å². The number of hydrogen-bond acceptors (Lipinski definition) is 4. The molecule has 1 aliphatic heterocycles. The lowest BCUT2D eigenvalue weighted by Gasteiger charge is -2.31. The molecule has 32 heavy (non-hydrogen) atoms. The Kier molecular flexibility index (Phi) is 4.56. The van der Waals surface area contributed by atoms with Crippen molar-refractivity contribution in [1.82, 2.24) is 24.6 Å². The predicted molar refractivity (Wildman–Crippen MR) is 123 cm³/mol. The maximum Gasteiger partial charge on any atom is 0.242 e. The molecule has 0 bridgehead atoms. The van der Waals surface area contributed by atoms with Gasteiger partial charge in [0.2, 0.25) is 5.91 Å². The summed E-state index contributed by atoms with van der Waals surface area (Å²) in [5, 5.41) is 8.81. The smallest absolute Gasteiger partial charge is 0.242 e. The van der Waals surface area contributed by atoms with Gasteiger partial charge in [0, 0.05) is 35.7 Å². The van der Waals surface area contributed by atoms with E-state index in [-0.39, 0.29) is 17.9 Å². The normalized spacial score (nSPS) is 17.3. The molecule has 0 unspecified atom stereocenters. The number of H-pyrrole nitrogens is 1. The molecular formula is C25H25N5O2. The molecule has 1 saturated heterocycles. The van der Waals surface area contributed by atoms with Gasteiger partial charge in [-0.05, 0) is 49.9 Å². The highest BCUT2D eigenvalue weighted by atomic mass is 16.2. The molecule has 2 aliphatic rings. The molecule has 1 N–H and O–H groups in total. The lowest BCUT2D eigenvalue weighted by molar-refractivity contribution is -0.132. The van der Waals surface area contributed by atoms with Crippen LogP contribution in [0.3, 0.4) is 0 Å². The second-order valence-corrected chi connectivity index (χ2v) is 8.96. The molecule has 7 heteroatoms. The maximum absolute atomic E-state index is 13.3. The number of pyridine rings is 1. The van der Waals surface area contributed by atoms with E-state index in [9.17, 15) is 9.59 Å². The molecule has 0 spiro atoms. The molecular weight excluding hydrogens is 402 g/mol. The van der Waals surface area contributed by atoms with Gasteiger partial charge >= 0.3 is 0 Å². The van der Waals surface area contributed by atoms with Crippen LogP contribution in [0.1, 0.15) is 49.2 Å². The van der Waals surface area contributed by atoms with E-state index in [0.29, 0.717) is 35.7 Å². The molecule has 1 saturated carbocycles. The van der Waals surface area contributed by atoms with Crippen molar-refractivity contribution in [1.29, 1.82) is 0 Å². The number of rotatable bonds is 4. The van der Waals surface area contributed by atoms with E-state index in [4.69, 9.17) is 4.98 Å². The SMILES string of the molecule is O=C(Cn1c2ccccc2c(=O)c2ccccc21)N1CCC(c2nc(C3CC3)n[nH]2)CC1. The van der Waals surface area contributed by atoms with E-state index in [2.05, 4.69) is 10.2 Å². The number of aromatic nitrogens is 4. The molecule has 162 valence electrons. The average molecular weight is 428 g/mol. The Morgan fingerprint density at radius 3 is 2.16 bits per heavy atom. The van der Waals surface area contributed by atoms with Crippen LogP contribution in [-0.4, -0.2) is 43.6 Å². The average Bonchev–Trinajstić information content (AvgIpc) is 3.58. The van der Waals surface area contributed by atoms with Gasteiger partial charge in [-0.15, -0.1) is 0 Å². The third kappa shape index (κ3) is 3.28. The Bertz CT molecular complexity index is 1320. The minimum absolute atomic E-state index is 0.0123. The lowest BCUT2D eigenvalue weighted by Crippen LogP contribution is -2.40. The van der Waals surface area contributed by atoms with Crippen molar-refractivity contribution < 1.29 is 4.79 Å². The fraction of sp³-hybridized carbons (Fsp3) is 0.360. The zero-order valence-electron chi connectivity index (χ0n) is 17.8. The van der Waals surface area contributed by atoms with E-state index < -0.39 is 0 Å². The van der Waals surface area contributed by atoms with Crippen molar-refractivity contribution in [3.05, 3.63) is 70.4 Å². The molecule has 4 aromatic rings. The Balaban J connectivity index is 1.23. The highest BCUT2D eigenvalue weighted by molar-refractivity contribution is 5.94. The van der Waals surface area contributed by atoms with Crippen LogP contribution >= 0.6 is 0 Å². The maximum atomic E-state index is 13.3. The number of nitrogens with zero attached hydrogens (tertiary/aromatic N) is 4. The van der Waals surface area contributed by atoms with Crippen molar-refractivity contribution in [2.24, 2.45) is 0 Å². The predicted octanol–water partition coefficient (Wildman–Crippen LogP) is 3.56. The number of carbonyl (C=O) groups is 1. The summed E-state index contributed by atoms with van der Waals surface area (Å²) in [4.78, 5) is 32.8. The number of benzene rings is 2. The third-order valence-corrected chi connectivity index (χ3v) is 6.87. The summed E-state index contributed by atoms with van der Waals surface area (Å²) < 4.78 is 1.98. The highest BCUT2D eigenvalue weighted by Crippen LogP contribution is 2.38. The number of likely N-dealkylation sites (tertiary alicyclic amines) is 1. The van der Waals surface area contributed by atoms with Crippen LogP contribution in [0.25, 0.3) is 21.8 Å². The fourth-order valence-corrected chi connectivity index (χ4v) is 4.88. The summed E-state index contributed by atoms with van der Waals surface area (Å²) in [5.41, 5.74) is 1.61.